The van der Waals surface area contributed by atoms with Crippen molar-refractivity contribution in [2.24, 2.45) is 0 Å². The highest BCUT2D eigenvalue weighted by molar-refractivity contribution is 7.15. The Morgan fingerprint density at radius 3 is 2.67 bits per heavy atom. The molecule has 1 fully saturated rings. The first kappa shape index (κ1) is 18.6. The molecule has 152 valence electrons. The van der Waals surface area contributed by atoms with Gasteiger partial charge in [0.1, 0.15) is 18.0 Å². The number of imidazole rings is 1. The van der Waals surface area contributed by atoms with Gasteiger partial charge in [-0.1, -0.05) is 18.2 Å². The Balaban J connectivity index is 1.20. The third-order valence-electron chi connectivity index (χ3n) is 5.13. The lowest BCUT2D eigenvalue weighted by Crippen LogP contribution is -2.46. The minimum Gasteiger partial charge on any atom is -0.368 e. The van der Waals surface area contributed by atoms with Gasteiger partial charge in [0, 0.05) is 55.7 Å². The van der Waals surface area contributed by atoms with E-state index in [-0.39, 0.29) is 12.3 Å². The summed E-state index contributed by atoms with van der Waals surface area (Å²) >= 11 is 1.55. The first-order valence-electron chi connectivity index (χ1n) is 9.82. The second-order valence-corrected chi connectivity index (χ2v) is 7.99. The molecule has 1 aromatic carbocycles. The summed E-state index contributed by atoms with van der Waals surface area (Å²) in [5.41, 5.74) is 1.98. The van der Waals surface area contributed by atoms with Crippen molar-refractivity contribution in [3.8, 4) is 0 Å². The van der Waals surface area contributed by atoms with E-state index in [0.29, 0.717) is 5.82 Å². The van der Waals surface area contributed by atoms with Gasteiger partial charge in [0.25, 0.3) is 0 Å². The quantitative estimate of drug-likeness (QED) is 0.536. The third kappa shape index (κ3) is 3.97. The Morgan fingerprint density at radius 2 is 1.87 bits per heavy atom. The predicted octanol–water partition coefficient (Wildman–Crippen LogP) is 2.69. The Labute approximate surface area is 177 Å². The Bertz CT molecular complexity index is 1120. The van der Waals surface area contributed by atoms with Crippen molar-refractivity contribution in [3.05, 3.63) is 66.2 Å². The molecular formula is C21H21N7OS. The number of thiazole rings is 1. The Kier molecular flexibility index (Phi) is 5.02. The fourth-order valence-electron chi connectivity index (χ4n) is 3.63. The summed E-state index contributed by atoms with van der Waals surface area (Å²) in [5, 5.41) is 4.83. The molecular weight excluding hydrogens is 398 g/mol. The van der Waals surface area contributed by atoms with Crippen LogP contribution in [0, 0.1) is 0 Å². The summed E-state index contributed by atoms with van der Waals surface area (Å²) in [7, 11) is 0. The highest BCUT2D eigenvalue weighted by atomic mass is 32.1. The largest absolute Gasteiger partial charge is 0.368 e. The fourth-order valence-corrected chi connectivity index (χ4v) is 4.35. The van der Waals surface area contributed by atoms with Crippen molar-refractivity contribution in [2.45, 2.75) is 6.42 Å². The molecule has 30 heavy (non-hydrogen) atoms. The van der Waals surface area contributed by atoms with Gasteiger partial charge in [-0.2, -0.15) is 0 Å². The standard InChI is InChI=1S/C21H21N7OS/c29-20(12-16-14-28-10-11-30-21(28)24-16)25-18-13-19(23-15-22-18)27-8-6-26(7-9-27)17-4-2-1-3-5-17/h1-5,10-11,13-15H,6-9,12H2,(H,22,23,25,29). The Hall–Kier alpha value is -3.46. The number of nitrogens with one attached hydrogen (secondary N) is 1. The van der Waals surface area contributed by atoms with Crippen molar-refractivity contribution in [1.82, 2.24) is 19.4 Å². The van der Waals surface area contributed by atoms with Crippen LogP contribution in [-0.2, 0) is 11.2 Å². The molecule has 1 aliphatic rings. The van der Waals surface area contributed by atoms with Gasteiger partial charge < -0.3 is 15.1 Å². The molecule has 1 saturated heterocycles. The van der Waals surface area contributed by atoms with E-state index in [2.05, 4.69) is 54.3 Å². The van der Waals surface area contributed by atoms with Crippen molar-refractivity contribution in [3.63, 3.8) is 0 Å². The van der Waals surface area contributed by atoms with Crippen LogP contribution in [0.2, 0.25) is 0 Å². The number of piperazine rings is 1. The fraction of sp³-hybridized carbons (Fsp3) is 0.238. The molecule has 0 spiro atoms. The van der Waals surface area contributed by atoms with E-state index in [1.807, 2.05) is 34.3 Å². The first-order chi connectivity index (χ1) is 14.7. The highest BCUT2D eigenvalue weighted by Gasteiger charge is 2.19. The maximum Gasteiger partial charge on any atom is 0.231 e. The molecule has 0 atom stereocenters. The van der Waals surface area contributed by atoms with Crippen LogP contribution in [-0.4, -0.2) is 51.4 Å². The van der Waals surface area contributed by atoms with E-state index in [1.165, 1.54) is 12.0 Å². The predicted molar refractivity (Wildman–Crippen MR) is 118 cm³/mol. The number of carbonyl (C=O) groups is 1. The van der Waals surface area contributed by atoms with Crippen LogP contribution in [0.15, 0.2) is 60.5 Å². The van der Waals surface area contributed by atoms with E-state index in [9.17, 15) is 4.79 Å². The number of amides is 1. The number of benzene rings is 1. The number of nitrogens with zero attached hydrogens (tertiary/aromatic N) is 6. The number of anilines is 3. The van der Waals surface area contributed by atoms with E-state index in [4.69, 9.17) is 0 Å². The van der Waals surface area contributed by atoms with Gasteiger partial charge in [0.05, 0.1) is 12.1 Å². The summed E-state index contributed by atoms with van der Waals surface area (Å²) in [4.78, 5) is 31.0. The number of hydrogen-bond donors (Lipinski definition) is 1. The van der Waals surface area contributed by atoms with Gasteiger partial charge >= 0.3 is 0 Å². The molecule has 4 heterocycles. The van der Waals surface area contributed by atoms with Crippen LogP contribution in [0.25, 0.3) is 4.96 Å². The van der Waals surface area contributed by atoms with Crippen molar-refractivity contribution in [1.29, 1.82) is 0 Å². The first-order valence-corrected chi connectivity index (χ1v) is 10.7. The Morgan fingerprint density at radius 1 is 1.07 bits per heavy atom. The zero-order chi connectivity index (χ0) is 20.3. The number of rotatable bonds is 5. The topological polar surface area (TPSA) is 78.7 Å². The third-order valence-corrected chi connectivity index (χ3v) is 5.90. The van der Waals surface area contributed by atoms with Crippen molar-refractivity contribution in [2.75, 3.05) is 41.3 Å². The molecule has 5 rings (SSSR count). The molecule has 3 aromatic heterocycles. The number of aromatic nitrogens is 4. The molecule has 1 amide bonds. The van der Waals surface area contributed by atoms with Crippen LogP contribution in [0.5, 0.6) is 0 Å². The lowest BCUT2D eigenvalue weighted by molar-refractivity contribution is -0.115. The van der Waals surface area contributed by atoms with E-state index in [0.717, 1.165) is 42.7 Å². The molecule has 0 bridgehead atoms. The van der Waals surface area contributed by atoms with Crippen LogP contribution in [0.1, 0.15) is 5.69 Å². The van der Waals surface area contributed by atoms with Gasteiger partial charge in [0.2, 0.25) is 5.91 Å². The molecule has 8 nitrogen and oxygen atoms in total. The second-order valence-electron chi connectivity index (χ2n) is 7.12. The maximum absolute atomic E-state index is 12.4. The molecule has 9 heteroatoms. The molecule has 0 unspecified atom stereocenters. The lowest BCUT2D eigenvalue weighted by atomic mass is 10.2. The van der Waals surface area contributed by atoms with Crippen LogP contribution < -0.4 is 15.1 Å². The average molecular weight is 420 g/mol. The van der Waals surface area contributed by atoms with Gasteiger partial charge in [-0.3, -0.25) is 9.20 Å². The number of para-hydroxylation sites is 1. The number of carbonyl (C=O) groups excluding carboxylic acids is 1. The van der Waals surface area contributed by atoms with Gasteiger partial charge in [0.15, 0.2) is 4.96 Å². The average Bonchev–Trinajstić information content (AvgIpc) is 3.36. The van der Waals surface area contributed by atoms with Gasteiger partial charge in [-0.05, 0) is 12.1 Å². The maximum atomic E-state index is 12.4. The molecule has 0 aliphatic carbocycles. The van der Waals surface area contributed by atoms with E-state index in [1.54, 1.807) is 11.3 Å². The zero-order valence-corrected chi connectivity index (χ0v) is 17.1. The summed E-state index contributed by atoms with van der Waals surface area (Å²) in [6, 6.07) is 12.3. The minimum absolute atomic E-state index is 0.140. The molecule has 1 N–H and O–H groups in total. The van der Waals surface area contributed by atoms with Crippen LogP contribution in [0.3, 0.4) is 0 Å². The molecule has 1 aliphatic heterocycles. The van der Waals surface area contributed by atoms with Crippen LogP contribution in [0.4, 0.5) is 17.3 Å². The summed E-state index contributed by atoms with van der Waals surface area (Å²) < 4.78 is 1.92. The summed E-state index contributed by atoms with van der Waals surface area (Å²) in [6.07, 6.45) is 5.52. The summed E-state index contributed by atoms with van der Waals surface area (Å²) in [6.45, 7) is 3.58. The highest BCUT2D eigenvalue weighted by Crippen LogP contribution is 2.20. The SMILES string of the molecule is O=C(Cc1cn2ccsc2n1)Nc1cc(N2CCN(c3ccccc3)CC2)ncn1. The monoisotopic (exact) mass is 419 g/mol. The lowest BCUT2D eigenvalue weighted by Gasteiger charge is -2.36. The van der Waals surface area contributed by atoms with Gasteiger partial charge in [-0.25, -0.2) is 15.0 Å². The second kappa shape index (κ2) is 8.11. The minimum atomic E-state index is -0.140. The van der Waals surface area contributed by atoms with Crippen molar-refractivity contribution >= 4 is 39.5 Å². The van der Waals surface area contributed by atoms with E-state index < -0.39 is 0 Å². The number of fused-ring (bicyclic) bond motifs is 1. The van der Waals surface area contributed by atoms with Crippen molar-refractivity contribution < 1.29 is 4.79 Å². The molecule has 4 aromatic rings. The van der Waals surface area contributed by atoms with Crippen LogP contribution >= 0.6 is 11.3 Å². The molecule has 0 radical (unpaired) electrons. The summed E-state index contributed by atoms with van der Waals surface area (Å²) in [5.74, 6) is 1.20. The normalized spacial score (nSPS) is 14.3. The van der Waals surface area contributed by atoms with Gasteiger partial charge in [-0.15, -0.1) is 11.3 Å². The smallest absolute Gasteiger partial charge is 0.231 e. The zero-order valence-electron chi connectivity index (χ0n) is 16.3. The van der Waals surface area contributed by atoms with E-state index >= 15 is 0 Å². The molecule has 0 saturated carbocycles. The number of hydrogen-bond acceptors (Lipinski definition) is 7.